The third-order valence-corrected chi connectivity index (χ3v) is 1.96. The van der Waals surface area contributed by atoms with Crippen molar-refractivity contribution < 1.29 is 9.53 Å². The van der Waals surface area contributed by atoms with Crippen molar-refractivity contribution in [3.05, 3.63) is 0 Å². The number of ether oxygens (including phenoxy) is 1. The average Bonchev–Trinajstić information content (AvgIpc) is 2.00. The van der Waals surface area contributed by atoms with Gasteiger partial charge in [-0.3, -0.25) is 5.41 Å². The fourth-order valence-electron chi connectivity index (χ4n) is 0.694. The van der Waals surface area contributed by atoms with Gasteiger partial charge in [-0.2, -0.15) is 0 Å². The van der Waals surface area contributed by atoms with E-state index in [4.69, 9.17) is 10.1 Å². The number of hydrogen-bond donors (Lipinski definition) is 2. The molecule has 1 amide bonds. The van der Waals surface area contributed by atoms with E-state index in [1.165, 1.54) is 11.8 Å². The van der Waals surface area contributed by atoms with Crippen LogP contribution in [0.4, 0.5) is 4.79 Å². The van der Waals surface area contributed by atoms with Crippen molar-refractivity contribution in [3.63, 3.8) is 0 Å². The van der Waals surface area contributed by atoms with Gasteiger partial charge in [-0.15, -0.1) is 11.8 Å². The van der Waals surface area contributed by atoms with Crippen molar-refractivity contribution in [2.24, 2.45) is 0 Å². The zero-order valence-corrected chi connectivity index (χ0v) is 9.96. The molecule has 0 rings (SSSR count). The molecule has 0 unspecified atom stereocenters. The molecule has 0 aliphatic heterocycles. The van der Waals surface area contributed by atoms with Crippen LogP contribution in [0.15, 0.2) is 0 Å². The number of nitrogens with one attached hydrogen (secondary N) is 2. The summed E-state index contributed by atoms with van der Waals surface area (Å²) < 4.78 is 5.03. The van der Waals surface area contributed by atoms with Crippen LogP contribution in [0.2, 0.25) is 0 Å². The minimum Gasteiger partial charge on any atom is -0.444 e. The zero-order valence-electron chi connectivity index (χ0n) is 9.14. The normalized spacial score (nSPS) is 10.9. The molecule has 0 atom stereocenters. The Kier molecular flexibility index (Phi) is 5.60. The SMILES string of the molecule is CSC(=N)CCNC(=O)OC(C)(C)C. The van der Waals surface area contributed by atoms with Gasteiger partial charge in [0.25, 0.3) is 0 Å². The van der Waals surface area contributed by atoms with Crippen LogP contribution in [-0.2, 0) is 4.74 Å². The Hall–Kier alpha value is -0.710. The summed E-state index contributed by atoms with van der Waals surface area (Å²) in [5, 5.41) is 10.5. The molecule has 0 saturated heterocycles. The topological polar surface area (TPSA) is 62.2 Å². The van der Waals surface area contributed by atoms with Crippen LogP contribution in [0.25, 0.3) is 0 Å². The second kappa shape index (κ2) is 5.90. The first-order valence-corrected chi connectivity index (χ1v) is 5.66. The molecule has 0 heterocycles. The number of hydrogen-bond acceptors (Lipinski definition) is 4. The van der Waals surface area contributed by atoms with Crippen molar-refractivity contribution in [2.45, 2.75) is 32.8 Å². The van der Waals surface area contributed by atoms with Gasteiger partial charge in [-0.05, 0) is 27.0 Å². The van der Waals surface area contributed by atoms with Crippen molar-refractivity contribution >= 4 is 22.9 Å². The van der Waals surface area contributed by atoms with Crippen molar-refractivity contribution in [1.82, 2.24) is 5.32 Å². The van der Waals surface area contributed by atoms with Gasteiger partial charge in [-0.1, -0.05) is 0 Å². The zero-order chi connectivity index (χ0) is 11.2. The van der Waals surface area contributed by atoms with Crippen LogP contribution in [-0.4, -0.2) is 29.5 Å². The third-order valence-electron chi connectivity index (χ3n) is 1.27. The summed E-state index contributed by atoms with van der Waals surface area (Å²) in [6, 6.07) is 0. The summed E-state index contributed by atoms with van der Waals surface area (Å²) in [6.45, 7) is 5.90. The molecule has 0 aliphatic carbocycles. The van der Waals surface area contributed by atoms with Crippen LogP contribution in [0.1, 0.15) is 27.2 Å². The maximum atomic E-state index is 11.1. The van der Waals surface area contributed by atoms with E-state index in [2.05, 4.69) is 5.32 Å². The highest BCUT2D eigenvalue weighted by molar-refractivity contribution is 8.13. The summed E-state index contributed by atoms with van der Waals surface area (Å²) in [4.78, 5) is 11.1. The summed E-state index contributed by atoms with van der Waals surface area (Å²) in [5.74, 6) is 0. The predicted octanol–water partition coefficient (Wildman–Crippen LogP) is 2.24. The lowest BCUT2D eigenvalue weighted by Gasteiger charge is -2.19. The molecule has 82 valence electrons. The van der Waals surface area contributed by atoms with Crippen LogP contribution in [0, 0.1) is 5.41 Å². The maximum Gasteiger partial charge on any atom is 0.407 e. The van der Waals surface area contributed by atoms with Gasteiger partial charge in [0.05, 0.1) is 5.04 Å². The van der Waals surface area contributed by atoms with Gasteiger partial charge in [0.2, 0.25) is 0 Å². The minimum absolute atomic E-state index is 0.425. The molecule has 2 N–H and O–H groups in total. The largest absolute Gasteiger partial charge is 0.444 e. The Bertz CT molecular complexity index is 211. The van der Waals surface area contributed by atoms with E-state index in [0.29, 0.717) is 18.0 Å². The van der Waals surface area contributed by atoms with E-state index in [9.17, 15) is 4.79 Å². The lowest BCUT2D eigenvalue weighted by Crippen LogP contribution is -2.33. The maximum absolute atomic E-state index is 11.1. The van der Waals surface area contributed by atoms with E-state index < -0.39 is 11.7 Å². The van der Waals surface area contributed by atoms with E-state index in [1.54, 1.807) is 0 Å². The Morgan fingerprint density at radius 3 is 2.50 bits per heavy atom. The van der Waals surface area contributed by atoms with E-state index in [0.717, 1.165) is 0 Å². The Balaban J connectivity index is 3.60. The van der Waals surface area contributed by atoms with Crippen molar-refractivity contribution in [3.8, 4) is 0 Å². The van der Waals surface area contributed by atoms with Gasteiger partial charge in [0.15, 0.2) is 0 Å². The highest BCUT2D eigenvalue weighted by atomic mass is 32.2. The monoisotopic (exact) mass is 218 g/mol. The summed E-state index contributed by atoms with van der Waals surface area (Å²) in [5.41, 5.74) is -0.461. The Morgan fingerprint density at radius 1 is 1.50 bits per heavy atom. The summed E-state index contributed by atoms with van der Waals surface area (Å²) in [6.07, 6.45) is 1.97. The molecule has 0 aliphatic rings. The second-order valence-corrected chi connectivity index (χ2v) is 4.71. The first kappa shape index (κ1) is 13.3. The molecular weight excluding hydrogens is 200 g/mol. The quantitative estimate of drug-likeness (QED) is 0.564. The second-order valence-electron chi connectivity index (χ2n) is 3.81. The predicted molar refractivity (Wildman–Crippen MR) is 60.1 cm³/mol. The molecule has 0 bridgehead atoms. The number of rotatable bonds is 3. The molecule has 0 radical (unpaired) electrons. The molecule has 0 saturated carbocycles. The molecular formula is C9H18N2O2S. The first-order chi connectivity index (χ1) is 6.35. The molecule has 4 nitrogen and oxygen atoms in total. The molecule has 14 heavy (non-hydrogen) atoms. The number of carbonyl (C=O) groups excluding carboxylic acids is 1. The smallest absolute Gasteiger partial charge is 0.407 e. The molecule has 0 aromatic heterocycles. The summed E-state index contributed by atoms with van der Waals surface area (Å²) in [7, 11) is 0. The highest BCUT2D eigenvalue weighted by Crippen LogP contribution is 2.06. The molecule has 0 spiro atoms. The van der Waals surface area contributed by atoms with Gasteiger partial charge >= 0.3 is 6.09 Å². The van der Waals surface area contributed by atoms with Crippen molar-refractivity contribution in [1.29, 1.82) is 5.41 Å². The van der Waals surface area contributed by atoms with Gasteiger partial charge in [0.1, 0.15) is 5.60 Å². The lowest BCUT2D eigenvalue weighted by molar-refractivity contribution is 0.0529. The lowest BCUT2D eigenvalue weighted by atomic mass is 10.2. The first-order valence-electron chi connectivity index (χ1n) is 4.43. The van der Waals surface area contributed by atoms with Crippen LogP contribution >= 0.6 is 11.8 Å². The third kappa shape index (κ3) is 7.91. The summed E-state index contributed by atoms with van der Waals surface area (Å²) >= 11 is 1.38. The number of carbonyl (C=O) groups is 1. The fourth-order valence-corrected chi connectivity index (χ4v) is 1.00. The van der Waals surface area contributed by atoms with Gasteiger partial charge < -0.3 is 10.1 Å². The number of thioether (sulfide) groups is 1. The number of alkyl carbamates (subject to hydrolysis) is 1. The Labute approximate surface area is 89.3 Å². The van der Waals surface area contributed by atoms with E-state index in [-0.39, 0.29) is 0 Å². The molecule has 0 aromatic rings. The fraction of sp³-hybridized carbons (Fsp3) is 0.778. The van der Waals surface area contributed by atoms with Crippen LogP contribution < -0.4 is 5.32 Å². The number of amides is 1. The Morgan fingerprint density at radius 2 is 2.07 bits per heavy atom. The van der Waals surface area contributed by atoms with Crippen molar-refractivity contribution in [2.75, 3.05) is 12.8 Å². The van der Waals surface area contributed by atoms with Crippen LogP contribution in [0.5, 0.6) is 0 Å². The molecule has 5 heteroatoms. The van der Waals surface area contributed by atoms with E-state index >= 15 is 0 Å². The molecule has 0 aromatic carbocycles. The molecule has 0 fully saturated rings. The van der Waals surface area contributed by atoms with Gasteiger partial charge in [-0.25, -0.2) is 4.79 Å². The standard InChI is InChI=1S/C9H18N2O2S/c1-9(2,3)13-8(12)11-6-5-7(10)14-4/h10H,5-6H2,1-4H3,(H,11,12). The minimum atomic E-state index is -0.461. The average molecular weight is 218 g/mol. The van der Waals surface area contributed by atoms with E-state index in [1.807, 2.05) is 27.0 Å². The highest BCUT2D eigenvalue weighted by Gasteiger charge is 2.15. The van der Waals surface area contributed by atoms with Gasteiger partial charge in [0, 0.05) is 13.0 Å². The van der Waals surface area contributed by atoms with Crippen LogP contribution in [0.3, 0.4) is 0 Å².